The van der Waals surface area contributed by atoms with Crippen molar-refractivity contribution < 1.29 is 14.6 Å². The van der Waals surface area contributed by atoms with Crippen molar-refractivity contribution >= 4 is 28.6 Å². The molecule has 1 N–H and O–H groups in total. The molecule has 0 aliphatic carbocycles. The molecule has 0 aliphatic heterocycles. The highest BCUT2D eigenvalue weighted by atomic mass is 32.1. The Labute approximate surface area is 141 Å². The van der Waals surface area contributed by atoms with E-state index < -0.39 is 5.97 Å². The van der Waals surface area contributed by atoms with Gasteiger partial charge in [-0.1, -0.05) is 30.3 Å². The SMILES string of the molecule is O=C(O)c1csc(-c2csc(CCOCc3ccccc3)n2)n1. The summed E-state index contributed by atoms with van der Waals surface area (Å²) in [5.74, 6) is -1.02. The summed E-state index contributed by atoms with van der Waals surface area (Å²) in [6.45, 7) is 1.19. The van der Waals surface area contributed by atoms with Gasteiger partial charge in [0.15, 0.2) is 5.69 Å². The number of hydrogen-bond donors (Lipinski definition) is 1. The van der Waals surface area contributed by atoms with Gasteiger partial charge >= 0.3 is 5.97 Å². The standard InChI is InChI=1S/C16H14N2O3S2/c19-16(20)13-10-23-15(18-13)12-9-22-14(17-12)6-7-21-8-11-4-2-1-3-5-11/h1-5,9-10H,6-8H2,(H,19,20). The fourth-order valence-corrected chi connectivity index (χ4v) is 3.53. The molecule has 118 valence electrons. The van der Waals surface area contributed by atoms with Crippen molar-refractivity contribution in [1.29, 1.82) is 0 Å². The van der Waals surface area contributed by atoms with Crippen molar-refractivity contribution in [3.05, 3.63) is 57.4 Å². The van der Waals surface area contributed by atoms with Crippen molar-refractivity contribution in [1.82, 2.24) is 9.97 Å². The van der Waals surface area contributed by atoms with Crippen LogP contribution in [0.4, 0.5) is 0 Å². The van der Waals surface area contributed by atoms with E-state index >= 15 is 0 Å². The molecule has 5 nitrogen and oxygen atoms in total. The molecular weight excluding hydrogens is 332 g/mol. The predicted octanol–water partition coefficient (Wildman–Crippen LogP) is 3.72. The Hall–Kier alpha value is -2.09. The maximum absolute atomic E-state index is 10.9. The number of aromatic carboxylic acids is 1. The first-order valence-corrected chi connectivity index (χ1v) is 8.73. The third kappa shape index (κ3) is 4.22. The molecule has 0 bridgehead atoms. The molecule has 0 amide bonds. The molecule has 0 aliphatic rings. The maximum Gasteiger partial charge on any atom is 0.355 e. The number of carboxylic acids is 1. The van der Waals surface area contributed by atoms with Crippen molar-refractivity contribution in [2.45, 2.75) is 13.0 Å². The molecule has 1 aromatic carbocycles. The first kappa shape index (κ1) is 15.8. The van der Waals surface area contributed by atoms with Crippen LogP contribution in [-0.2, 0) is 17.8 Å². The van der Waals surface area contributed by atoms with Crippen LogP contribution in [0.15, 0.2) is 41.1 Å². The monoisotopic (exact) mass is 346 g/mol. The van der Waals surface area contributed by atoms with E-state index in [4.69, 9.17) is 9.84 Å². The van der Waals surface area contributed by atoms with Gasteiger partial charge in [0.25, 0.3) is 0 Å². The minimum Gasteiger partial charge on any atom is -0.476 e. The van der Waals surface area contributed by atoms with E-state index in [1.54, 1.807) is 0 Å². The molecule has 23 heavy (non-hydrogen) atoms. The average Bonchev–Trinajstić information content (AvgIpc) is 3.21. The summed E-state index contributed by atoms with van der Waals surface area (Å²) in [6.07, 6.45) is 0.731. The minimum atomic E-state index is -1.02. The molecule has 0 saturated carbocycles. The van der Waals surface area contributed by atoms with Crippen LogP contribution < -0.4 is 0 Å². The van der Waals surface area contributed by atoms with Gasteiger partial charge in [0.2, 0.25) is 0 Å². The van der Waals surface area contributed by atoms with Gasteiger partial charge in [-0.15, -0.1) is 22.7 Å². The van der Waals surface area contributed by atoms with E-state index in [1.807, 2.05) is 35.7 Å². The zero-order valence-corrected chi connectivity index (χ0v) is 13.8. The van der Waals surface area contributed by atoms with E-state index in [-0.39, 0.29) is 5.69 Å². The molecule has 2 heterocycles. The van der Waals surface area contributed by atoms with Crippen LogP contribution in [0.5, 0.6) is 0 Å². The lowest BCUT2D eigenvalue weighted by Crippen LogP contribution is -1.99. The Morgan fingerprint density at radius 2 is 1.96 bits per heavy atom. The largest absolute Gasteiger partial charge is 0.476 e. The summed E-state index contributed by atoms with van der Waals surface area (Å²) < 4.78 is 5.65. The van der Waals surface area contributed by atoms with Crippen LogP contribution in [0.3, 0.4) is 0 Å². The Kier molecular flexibility index (Phi) is 5.12. The van der Waals surface area contributed by atoms with Gasteiger partial charge in [0, 0.05) is 17.2 Å². The van der Waals surface area contributed by atoms with Crippen molar-refractivity contribution in [2.75, 3.05) is 6.61 Å². The van der Waals surface area contributed by atoms with E-state index in [9.17, 15) is 4.79 Å². The quantitative estimate of drug-likeness (QED) is 0.660. The topological polar surface area (TPSA) is 72.3 Å². The number of nitrogens with zero attached hydrogens (tertiary/aromatic N) is 2. The van der Waals surface area contributed by atoms with Crippen LogP contribution in [0.2, 0.25) is 0 Å². The molecule has 0 radical (unpaired) electrons. The number of thiazole rings is 2. The van der Waals surface area contributed by atoms with Gasteiger partial charge in [-0.05, 0) is 5.56 Å². The van der Waals surface area contributed by atoms with Gasteiger partial charge in [-0.3, -0.25) is 0 Å². The van der Waals surface area contributed by atoms with E-state index in [2.05, 4.69) is 9.97 Å². The minimum absolute atomic E-state index is 0.0609. The number of benzene rings is 1. The smallest absolute Gasteiger partial charge is 0.355 e. The van der Waals surface area contributed by atoms with Gasteiger partial charge in [-0.2, -0.15) is 0 Å². The molecule has 0 saturated heterocycles. The van der Waals surface area contributed by atoms with Crippen LogP contribution in [0.25, 0.3) is 10.7 Å². The Bertz CT molecular complexity index is 783. The molecule has 0 fully saturated rings. The molecule has 0 unspecified atom stereocenters. The zero-order valence-electron chi connectivity index (χ0n) is 12.1. The first-order chi connectivity index (χ1) is 11.2. The van der Waals surface area contributed by atoms with E-state index in [0.29, 0.717) is 18.2 Å². The summed E-state index contributed by atoms with van der Waals surface area (Å²) in [6, 6.07) is 10.0. The number of ether oxygens (including phenoxy) is 1. The molecular formula is C16H14N2O3S2. The van der Waals surface area contributed by atoms with Gasteiger partial charge in [-0.25, -0.2) is 14.8 Å². The number of carboxylic acid groups (broad SMARTS) is 1. The predicted molar refractivity (Wildman–Crippen MR) is 90.0 cm³/mol. The third-order valence-electron chi connectivity index (χ3n) is 3.07. The summed E-state index contributed by atoms with van der Waals surface area (Å²) in [5.41, 5.74) is 1.94. The lowest BCUT2D eigenvalue weighted by molar-refractivity contribution is 0.0691. The van der Waals surface area contributed by atoms with Crippen LogP contribution in [0.1, 0.15) is 21.1 Å². The number of hydrogen-bond acceptors (Lipinski definition) is 6. The Morgan fingerprint density at radius 3 is 2.70 bits per heavy atom. The first-order valence-electron chi connectivity index (χ1n) is 6.97. The lowest BCUT2D eigenvalue weighted by Gasteiger charge is -2.02. The average molecular weight is 346 g/mol. The van der Waals surface area contributed by atoms with Crippen molar-refractivity contribution in [2.24, 2.45) is 0 Å². The summed E-state index contributed by atoms with van der Waals surface area (Å²) in [4.78, 5) is 19.4. The zero-order chi connectivity index (χ0) is 16.1. The summed E-state index contributed by atoms with van der Waals surface area (Å²) in [7, 11) is 0. The summed E-state index contributed by atoms with van der Waals surface area (Å²) >= 11 is 2.83. The second kappa shape index (κ2) is 7.45. The number of rotatable bonds is 7. The normalized spacial score (nSPS) is 10.8. The highest BCUT2D eigenvalue weighted by Gasteiger charge is 2.12. The molecule has 0 atom stereocenters. The molecule has 3 aromatic rings. The van der Waals surface area contributed by atoms with Crippen LogP contribution >= 0.6 is 22.7 Å². The maximum atomic E-state index is 10.9. The molecule has 2 aromatic heterocycles. The molecule has 3 rings (SSSR count). The van der Waals surface area contributed by atoms with Crippen LogP contribution in [0, 0.1) is 0 Å². The molecule has 0 spiro atoms. The van der Waals surface area contributed by atoms with E-state index in [1.165, 1.54) is 28.1 Å². The number of carbonyl (C=O) groups is 1. The third-order valence-corrected chi connectivity index (χ3v) is 4.84. The Morgan fingerprint density at radius 1 is 1.13 bits per heavy atom. The van der Waals surface area contributed by atoms with Gasteiger partial charge in [0.1, 0.15) is 10.7 Å². The van der Waals surface area contributed by atoms with E-state index in [0.717, 1.165) is 22.7 Å². The lowest BCUT2D eigenvalue weighted by atomic mass is 10.2. The number of aromatic nitrogens is 2. The highest BCUT2D eigenvalue weighted by Crippen LogP contribution is 2.25. The second-order valence-electron chi connectivity index (χ2n) is 4.76. The fourth-order valence-electron chi connectivity index (χ4n) is 1.94. The van der Waals surface area contributed by atoms with Crippen molar-refractivity contribution in [3.8, 4) is 10.7 Å². The van der Waals surface area contributed by atoms with Crippen LogP contribution in [-0.4, -0.2) is 27.7 Å². The fraction of sp³-hybridized carbons (Fsp3) is 0.188. The van der Waals surface area contributed by atoms with Gasteiger partial charge in [0.05, 0.1) is 18.2 Å². The van der Waals surface area contributed by atoms with Crippen molar-refractivity contribution in [3.63, 3.8) is 0 Å². The highest BCUT2D eigenvalue weighted by molar-refractivity contribution is 7.14. The molecule has 7 heteroatoms. The van der Waals surface area contributed by atoms with Gasteiger partial charge < -0.3 is 9.84 Å². The second-order valence-corrected chi connectivity index (χ2v) is 6.56. The summed E-state index contributed by atoms with van der Waals surface area (Å²) in [5, 5.41) is 13.9. The Balaban J connectivity index is 1.52.